The number of para-hydroxylation sites is 1. The number of ether oxygens (including phenoxy) is 2. The van der Waals surface area contributed by atoms with Crippen LogP contribution >= 0.6 is 0 Å². The average molecular weight is 405 g/mol. The molecule has 3 aromatic rings. The Morgan fingerprint density at radius 2 is 1.67 bits per heavy atom. The van der Waals surface area contributed by atoms with Gasteiger partial charge in [-0.05, 0) is 48.9 Å². The van der Waals surface area contributed by atoms with Gasteiger partial charge in [0.1, 0.15) is 29.2 Å². The number of benzene rings is 3. The Balaban J connectivity index is 1.76. The number of hydrogen-bond acceptors (Lipinski definition) is 5. The maximum absolute atomic E-state index is 10.8. The van der Waals surface area contributed by atoms with Gasteiger partial charge in [-0.3, -0.25) is 15.1 Å². The van der Waals surface area contributed by atoms with Gasteiger partial charge < -0.3 is 14.6 Å². The molecule has 0 aliphatic heterocycles. The number of hydrogen-bond donors (Lipinski definition) is 2. The van der Waals surface area contributed by atoms with E-state index in [1.807, 2.05) is 61.5 Å². The zero-order valence-electron chi connectivity index (χ0n) is 16.6. The Hall–Kier alpha value is -3.77. The fourth-order valence-electron chi connectivity index (χ4n) is 2.64. The Kier molecular flexibility index (Phi) is 7.46. The number of carbonyl (C=O) groups is 1. The molecule has 0 aliphatic carbocycles. The Morgan fingerprint density at radius 1 is 0.933 bits per heavy atom. The third kappa shape index (κ3) is 6.39. The van der Waals surface area contributed by atoms with Crippen LogP contribution in [0.3, 0.4) is 0 Å². The van der Waals surface area contributed by atoms with E-state index in [1.165, 1.54) is 0 Å². The van der Waals surface area contributed by atoms with Crippen molar-refractivity contribution in [2.45, 2.75) is 13.3 Å². The molecule has 3 aromatic carbocycles. The number of hydroxylamine groups is 1. The molecule has 2 N–H and O–H groups in total. The number of carboxylic acids is 1. The highest BCUT2D eigenvalue weighted by molar-refractivity contribution is 5.70. The van der Waals surface area contributed by atoms with Crippen molar-refractivity contribution in [3.63, 3.8) is 0 Å². The van der Waals surface area contributed by atoms with E-state index >= 15 is 0 Å². The van der Waals surface area contributed by atoms with Crippen molar-refractivity contribution in [1.29, 1.82) is 0 Å². The summed E-state index contributed by atoms with van der Waals surface area (Å²) < 4.78 is 11.6. The average Bonchev–Trinajstić information content (AvgIpc) is 2.75. The SMILES string of the molecule is CCONC(=COc1ccc(CC(=O)O)cc1)c1cccc(Oc2ccccc2)c1. The molecule has 0 unspecified atom stereocenters. The first-order valence-corrected chi connectivity index (χ1v) is 9.52. The Bertz CT molecular complexity index is 984. The summed E-state index contributed by atoms with van der Waals surface area (Å²) in [6.07, 6.45) is 1.52. The number of nitrogens with one attached hydrogen (secondary N) is 1. The predicted octanol–water partition coefficient (Wildman–Crippen LogP) is 5.02. The molecule has 0 saturated heterocycles. The smallest absolute Gasteiger partial charge is 0.307 e. The maximum Gasteiger partial charge on any atom is 0.307 e. The predicted molar refractivity (Wildman–Crippen MR) is 114 cm³/mol. The van der Waals surface area contributed by atoms with E-state index in [2.05, 4.69) is 5.48 Å². The van der Waals surface area contributed by atoms with E-state index in [0.717, 1.165) is 11.3 Å². The first-order chi connectivity index (χ1) is 14.6. The molecular formula is C24H23NO5. The molecule has 6 heteroatoms. The summed E-state index contributed by atoms with van der Waals surface area (Å²) in [5.74, 6) is 1.14. The number of aliphatic carboxylic acids is 1. The summed E-state index contributed by atoms with van der Waals surface area (Å²) in [7, 11) is 0. The monoisotopic (exact) mass is 405 g/mol. The lowest BCUT2D eigenvalue weighted by Gasteiger charge is -2.13. The van der Waals surface area contributed by atoms with Crippen molar-refractivity contribution in [1.82, 2.24) is 5.48 Å². The van der Waals surface area contributed by atoms with E-state index in [1.54, 1.807) is 30.5 Å². The van der Waals surface area contributed by atoms with E-state index < -0.39 is 5.97 Å². The summed E-state index contributed by atoms with van der Waals surface area (Å²) in [5, 5.41) is 8.86. The third-order valence-corrected chi connectivity index (χ3v) is 4.04. The second-order valence-electron chi connectivity index (χ2n) is 6.34. The van der Waals surface area contributed by atoms with Crippen LogP contribution < -0.4 is 15.0 Å². The van der Waals surface area contributed by atoms with Gasteiger partial charge in [-0.15, -0.1) is 0 Å². The van der Waals surface area contributed by atoms with E-state index in [-0.39, 0.29) is 6.42 Å². The molecule has 0 aliphatic rings. The molecule has 0 spiro atoms. The van der Waals surface area contributed by atoms with Crippen molar-refractivity contribution in [2.24, 2.45) is 0 Å². The van der Waals surface area contributed by atoms with Crippen LogP contribution in [-0.2, 0) is 16.1 Å². The van der Waals surface area contributed by atoms with Gasteiger partial charge in [-0.2, -0.15) is 0 Å². The van der Waals surface area contributed by atoms with Crippen molar-refractivity contribution < 1.29 is 24.2 Å². The first-order valence-electron chi connectivity index (χ1n) is 9.52. The molecule has 0 saturated carbocycles. The van der Waals surface area contributed by atoms with Crippen LogP contribution in [0.4, 0.5) is 0 Å². The molecule has 154 valence electrons. The fourth-order valence-corrected chi connectivity index (χ4v) is 2.64. The van der Waals surface area contributed by atoms with Crippen LogP contribution in [0, 0.1) is 0 Å². The van der Waals surface area contributed by atoms with Gasteiger partial charge in [0.15, 0.2) is 0 Å². The molecular weight excluding hydrogens is 382 g/mol. The zero-order chi connectivity index (χ0) is 21.2. The lowest BCUT2D eigenvalue weighted by atomic mass is 10.1. The number of carboxylic acid groups (broad SMARTS) is 1. The maximum atomic E-state index is 10.8. The van der Waals surface area contributed by atoms with Crippen molar-refractivity contribution in [3.05, 3.63) is 96.3 Å². The minimum atomic E-state index is -0.871. The standard InChI is InChI=1S/C24H23NO5/c1-2-29-25-23(17-28-20-13-11-18(12-14-20)15-24(26)27)19-7-6-10-22(16-19)30-21-8-4-3-5-9-21/h3-14,16-17,25H,2,15H2,1H3,(H,26,27). The van der Waals surface area contributed by atoms with Crippen LogP contribution in [0.15, 0.2) is 85.1 Å². The highest BCUT2D eigenvalue weighted by Gasteiger charge is 2.06. The van der Waals surface area contributed by atoms with Crippen molar-refractivity contribution in [3.8, 4) is 17.2 Å². The molecule has 0 fully saturated rings. The van der Waals surface area contributed by atoms with Crippen LogP contribution in [0.1, 0.15) is 18.1 Å². The molecule has 0 amide bonds. The minimum absolute atomic E-state index is 0.0263. The largest absolute Gasteiger partial charge is 0.481 e. The van der Waals surface area contributed by atoms with Crippen LogP contribution in [0.5, 0.6) is 17.2 Å². The van der Waals surface area contributed by atoms with Gasteiger partial charge >= 0.3 is 5.97 Å². The van der Waals surface area contributed by atoms with Gasteiger partial charge in [-0.1, -0.05) is 42.5 Å². The molecule has 0 atom stereocenters. The molecule has 0 heterocycles. The first kappa shape index (κ1) is 21.0. The quantitative estimate of drug-likeness (QED) is 0.364. The topological polar surface area (TPSA) is 77.0 Å². The Labute approximate surface area is 175 Å². The van der Waals surface area contributed by atoms with E-state index in [4.69, 9.17) is 19.4 Å². The third-order valence-electron chi connectivity index (χ3n) is 4.04. The van der Waals surface area contributed by atoms with E-state index in [9.17, 15) is 4.79 Å². The highest BCUT2D eigenvalue weighted by atomic mass is 16.6. The molecule has 6 nitrogen and oxygen atoms in total. The molecule has 0 bridgehead atoms. The summed E-state index contributed by atoms with van der Waals surface area (Å²) >= 11 is 0. The second kappa shape index (κ2) is 10.7. The van der Waals surface area contributed by atoms with Gasteiger partial charge in [0.05, 0.1) is 13.0 Å². The van der Waals surface area contributed by atoms with Crippen LogP contribution in [0.25, 0.3) is 5.70 Å². The summed E-state index contributed by atoms with van der Waals surface area (Å²) in [6, 6.07) is 24.0. The van der Waals surface area contributed by atoms with Gasteiger partial charge in [0.25, 0.3) is 0 Å². The molecule has 0 aromatic heterocycles. The second-order valence-corrected chi connectivity index (χ2v) is 6.34. The van der Waals surface area contributed by atoms with Crippen molar-refractivity contribution >= 4 is 11.7 Å². The minimum Gasteiger partial charge on any atom is -0.481 e. The molecule has 3 rings (SSSR count). The normalized spacial score (nSPS) is 11.0. The molecule has 0 radical (unpaired) electrons. The van der Waals surface area contributed by atoms with Gasteiger partial charge in [0.2, 0.25) is 0 Å². The van der Waals surface area contributed by atoms with Crippen molar-refractivity contribution in [2.75, 3.05) is 6.61 Å². The highest BCUT2D eigenvalue weighted by Crippen LogP contribution is 2.25. The zero-order valence-corrected chi connectivity index (χ0v) is 16.6. The summed E-state index contributed by atoms with van der Waals surface area (Å²) in [4.78, 5) is 16.2. The summed E-state index contributed by atoms with van der Waals surface area (Å²) in [5.41, 5.74) is 5.03. The summed E-state index contributed by atoms with van der Waals surface area (Å²) in [6.45, 7) is 2.35. The number of rotatable bonds is 10. The van der Waals surface area contributed by atoms with E-state index in [0.29, 0.717) is 29.4 Å². The van der Waals surface area contributed by atoms with Gasteiger partial charge in [0, 0.05) is 5.56 Å². The van der Waals surface area contributed by atoms with Crippen LogP contribution in [0.2, 0.25) is 0 Å². The molecule has 30 heavy (non-hydrogen) atoms. The lowest BCUT2D eigenvalue weighted by Crippen LogP contribution is -2.13. The lowest BCUT2D eigenvalue weighted by molar-refractivity contribution is -0.136. The fraction of sp³-hybridized carbons (Fsp3) is 0.125. The Morgan fingerprint density at radius 3 is 2.37 bits per heavy atom. The van der Waals surface area contributed by atoms with Crippen LogP contribution in [-0.4, -0.2) is 17.7 Å². The van der Waals surface area contributed by atoms with Gasteiger partial charge in [-0.25, -0.2) is 0 Å².